The van der Waals surface area contributed by atoms with E-state index in [1.807, 2.05) is 24.0 Å². The Morgan fingerprint density at radius 1 is 1.46 bits per heavy atom. The van der Waals surface area contributed by atoms with E-state index in [0.29, 0.717) is 24.5 Å². The lowest BCUT2D eigenvalue weighted by molar-refractivity contribution is 0.0527. The molecule has 3 heterocycles. The Balaban J connectivity index is 0.00000144. The number of thiazole rings is 1. The van der Waals surface area contributed by atoms with Crippen LogP contribution >= 0.6 is 36.2 Å². The molecule has 2 aromatic rings. The van der Waals surface area contributed by atoms with Crippen LogP contribution in [0.5, 0.6) is 0 Å². The molecule has 2 aromatic heterocycles. The maximum absolute atomic E-state index is 12.8. The van der Waals surface area contributed by atoms with Gasteiger partial charge in [0, 0.05) is 24.0 Å². The highest BCUT2D eigenvalue weighted by Crippen LogP contribution is 2.31. The van der Waals surface area contributed by atoms with E-state index in [0.717, 1.165) is 16.3 Å². The van der Waals surface area contributed by atoms with E-state index in [1.165, 1.54) is 11.3 Å². The molecule has 0 aliphatic carbocycles. The molecule has 0 radical (unpaired) electrons. The third kappa shape index (κ3) is 3.94. The van der Waals surface area contributed by atoms with Crippen LogP contribution in [0.3, 0.4) is 0 Å². The summed E-state index contributed by atoms with van der Waals surface area (Å²) in [4.78, 5) is 20.1. The van der Waals surface area contributed by atoms with Crippen molar-refractivity contribution in [2.75, 3.05) is 13.1 Å². The van der Waals surface area contributed by atoms with E-state index in [-0.39, 0.29) is 42.2 Å². The Morgan fingerprint density at radius 2 is 2.17 bits per heavy atom. The summed E-state index contributed by atoms with van der Waals surface area (Å²) in [6.07, 6.45) is 2.44. The van der Waals surface area contributed by atoms with Gasteiger partial charge in [-0.3, -0.25) is 4.79 Å². The quantitative estimate of drug-likeness (QED) is 0.845. The van der Waals surface area contributed by atoms with Crippen molar-refractivity contribution in [2.24, 2.45) is 11.1 Å². The predicted molar refractivity (Wildman–Crippen MR) is 101 cm³/mol. The summed E-state index contributed by atoms with van der Waals surface area (Å²) in [5.41, 5.74) is 6.61. The summed E-state index contributed by atoms with van der Waals surface area (Å²) in [5, 5.41) is 0.749. The molecule has 1 saturated heterocycles. The number of furan rings is 1. The zero-order valence-corrected chi connectivity index (χ0v) is 16.4. The SMILES string of the molecule is Cc1sc(-c2ccco2)nc1C(=O)N1CCC(N)C(C)(C)C1.Cl.Cl. The minimum Gasteiger partial charge on any atom is -0.462 e. The van der Waals surface area contributed by atoms with Gasteiger partial charge in [-0.25, -0.2) is 4.98 Å². The Bertz CT molecular complexity index is 686. The Labute approximate surface area is 158 Å². The number of rotatable bonds is 2. The fourth-order valence-electron chi connectivity index (χ4n) is 2.80. The maximum Gasteiger partial charge on any atom is 0.273 e. The number of aromatic nitrogens is 1. The van der Waals surface area contributed by atoms with Crippen LogP contribution in [0.15, 0.2) is 22.8 Å². The lowest BCUT2D eigenvalue weighted by atomic mass is 9.79. The highest BCUT2D eigenvalue weighted by molar-refractivity contribution is 7.15. The first kappa shape index (κ1) is 21.0. The van der Waals surface area contributed by atoms with Crippen LogP contribution in [-0.2, 0) is 0 Å². The number of nitrogens with zero attached hydrogens (tertiary/aromatic N) is 2. The van der Waals surface area contributed by atoms with Crippen LogP contribution in [0.4, 0.5) is 0 Å². The van der Waals surface area contributed by atoms with E-state index in [9.17, 15) is 4.79 Å². The minimum absolute atomic E-state index is 0. The molecule has 0 aromatic carbocycles. The Morgan fingerprint density at radius 3 is 2.75 bits per heavy atom. The highest BCUT2D eigenvalue weighted by atomic mass is 35.5. The second-order valence-electron chi connectivity index (χ2n) is 6.51. The van der Waals surface area contributed by atoms with Crippen LogP contribution in [0.1, 0.15) is 35.6 Å². The summed E-state index contributed by atoms with van der Waals surface area (Å²) >= 11 is 1.49. The van der Waals surface area contributed by atoms with E-state index in [4.69, 9.17) is 10.2 Å². The van der Waals surface area contributed by atoms with Crippen LogP contribution in [0.25, 0.3) is 10.8 Å². The molecule has 1 atom stereocenters. The number of hydrogen-bond acceptors (Lipinski definition) is 5. The van der Waals surface area contributed by atoms with Gasteiger partial charge in [-0.1, -0.05) is 13.8 Å². The Hall–Kier alpha value is -1.08. The molecule has 0 spiro atoms. The van der Waals surface area contributed by atoms with Crippen molar-refractivity contribution in [1.82, 2.24) is 9.88 Å². The van der Waals surface area contributed by atoms with Gasteiger partial charge >= 0.3 is 0 Å². The maximum atomic E-state index is 12.8. The zero-order chi connectivity index (χ0) is 15.9. The van der Waals surface area contributed by atoms with Gasteiger partial charge < -0.3 is 15.1 Å². The molecule has 2 N–H and O–H groups in total. The number of amides is 1. The highest BCUT2D eigenvalue weighted by Gasteiger charge is 2.36. The summed E-state index contributed by atoms with van der Waals surface area (Å²) in [6, 6.07) is 3.81. The fraction of sp³-hybridized carbons (Fsp3) is 0.500. The third-order valence-corrected chi connectivity index (χ3v) is 5.32. The normalized spacial score (nSPS) is 19.3. The van der Waals surface area contributed by atoms with Crippen LogP contribution < -0.4 is 5.73 Å². The summed E-state index contributed by atoms with van der Waals surface area (Å²) < 4.78 is 5.37. The zero-order valence-electron chi connectivity index (χ0n) is 13.9. The van der Waals surface area contributed by atoms with Crippen molar-refractivity contribution in [1.29, 1.82) is 0 Å². The molecular formula is C16H23Cl2N3O2S. The standard InChI is InChI=1S/C16H21N3O2S.2ClH/c1-10-13(18-14(22-10)11-5-4-8-21-11)15(20)19-7-6-12(17)16(2,3)9-19;;/h4-5,8,12H,6-7,9,17H2,1-3H3;2*1H. The number of nitrogens with two attached hydrogens (primary N) is 1. The van der Waals surface area contributed by atoms with Crippen molar-refractivity contribution in [3.05, 3.63) is 29.0 Å². The third-order valence-electron chi connectivity index (χ3n) is 4.33. The fourth-order valence-corrected chi connectivity index (χ4v) is 3.67. The van der Waals surface area contributed by atoms with Crippen molar-refractivity contribution in [3.8, 4) is 10.8 Å². The molecule has 1 amide bonds. The van der Waals surface area contributed by atoms with Crippen molar-refractivity contribution < 1.29 is 9.21 Å². The Kier molecular flexibility index (Phi) is 6.87. The van der Waals surface area contributed by atoms with Gasteiger partial charge in [0.25, 0.3) is 5.91 Å². The molecule has 1 fully saturated rings. The van der Waals surface area contributed by atoms with Crippen molar-refractivity contribution in [3.63, 3.8) is 0 Å². The van der Waals surface area contributed by atoms with E-state index < -0.39 is 0 Å². The molecule has 1 aliphatic rings. The van der Waals surface area contributed by atoms with E-state index >= 15 is 0 Å². The van der Waals surface area contributed by atoms with Gasteiger partial charge in [0.05, 0.1) is 6.26 Å². The molecule has 0 bridgehead atoms. The second-order valence-corrected chi connectivity index (χ2v) is 7.71. The number of likely N-dealkylation sites (tertiary alicyclic amines) is 1. The molecule has 0 saturated carbocycles. The van der Waals surface area contributed by atoms with Gasteiger partial charge in [0.2, 0.25) is 0 Å². The summed E-state index contributed by atoms with van der Waals surface area (Å²) in [6.45, 7) is 7.51. The van der Waals surface area contributed by atoms with Crippen molar-refractivity contribution in [2.45, 2.75) is 33.2 Å². The molecule has 3 rings (SSSR count). The number of aryl methyl sites for hydroxylation is 1. The smallest absolute Gasteiger partial charge is 0.273 e. The van der Waals surface area contributed by atoms with Crippen LogP contribution in [-0.4, -0.2) is 34.9 Å². The molecular weight excluding hydrogens is 369 g/mol. The average molecular weight is 392 g/mol. The number of halogens is 2. The minimum atomic E-state index is -0.0678. The first-order valence-electron chi connectivity index (χ1n) is 7.44. The summed E-state index contributed by atoms with van der Waals surface area (Å²) in [5.74, 6) is 0.694. The molecule has 1 aliphatic heterocycles. The lowest BCUT2D eigenvalue weighted by Gasteiger charge is -2.42. The van der Waals surface area contributed by atoms with E-state index in [2.05, 4.69) is 18.8 Å². The first-order valence-corrected chi connectivity index (χ1v) is 8.26. The second kappa shape index (κ2) is 7.87. The number of carbonyl (C=O) groups excluding carboxylic acids is 1. The van der Waals surface area contributed by atoms with E-state index in [1.54, 1.807) is 6.26 Å². The monoisotopic (exact) mass is 391 g/mol. The molecule has 1 unspecified atom stereocenters. The van der Waals surface area contributed by atoms with Crippen LogP contribution in [0.2, 0.25) is 0 Å². The molecule has 134 valence electrons. The lowest BCUT2D eigenvalue weighted by Crippen LogP contribution is -2.54. The van der Waals surface area contributed by atoms with Crippen LogP contribution in [0, 0.1) is 12.3 Å². The van der Waals surface area contributed by atoms with Gasteiger partial charge in [-0.05, 0) is 30.9 Å². The van der Waals surface area contributed by atoms with Gasteiger partial charge in [0.1, 0.15) is 5.69 Å². The molecule has 8 heteroatoms. The van der Waals surface area contributed by atoms with Gasteiger partial charge in [0.15, 0.2) is 10.8 Å². The van der Waals surface area contributed by atoms with Gasteiger partial charge in [-0.2, -0.15) is 0 Å². The molecule has 24 heavy (non-hydrogen) atoms. The average Bonchev–Trinajstić information content (AvgIpc) is 3.10. The largest absolute Gasteiger partial charge is 0.462 e. The molecule has 5 nitrogen and oxygen atoms in total. The topological polar surface area (TPSA) is 72.4 Å². The summed E-state index contributed by atoms with van der Waals surface area (Å²) in [7, 11) is 0. The van der Waals surface area contributed by atoms with Crippen molar-refractivity contribution >= 4 is 42.1 Å². The van der Waals surface area contributed by atoms with Gasteiger partial charge in [-0.15, -0.1) is 36.2 Å². The number of piperidine rings is 1. The number of hydrogen-bond donors (Lipinski definition) is 1. The predicted octanol–water partition coefficient (Wildman–Crippen LogP) is 3.75. The number of carbonyl (C=O) groups is 1. The first-order chi connectivity index (χ1) is 10.4.